The molecule has 2 aromatic heterocycles. The Labute approximate surface area is 167 Å². The Morgan fingerprint density at radius 1 is 1.29 bits per heavy atom. The Balaban J connectivity index is 1.41. The third-order valence-electron chi connectivity index (χ3n) is 4.72. The van der Waals surface area contributed by atoms with Crippen LogP contribution in [0.5, 0.6) is 0 Å². The SMILES string of the molecule is N#CC(c1ccnc(NCCCN2CCCC2=O)n1)c1nc2ccccc2s1. The Morgan fingerprint density at radius 2 is 2.18 bits per heavy atom. The molecule has 1 aliphatic rings. The summed E-state index contributed by atoms with van der Waals surface area (Å²) in [5, 5.41) is 13.6. The molecule has 1 atom stereocenters. The zero-order chi connectivity index (χ0) is 19.3. The largest absolute Gasteiger partial charge is 0.354 e. The van der Waals surface area contributed by atoms with Gasteiger partial charge in [-0.2, -0.15) is 5.26 Å². The van der Waals surface area contributed by atoms with Gasteiger partial charge in [-0.25, -0.2) is 15.0 Å². The number of nitrogens with zero attached hydrogens (tertiary/aromatic N) is 5. The molecule has 1 aromatic carbocycles. The minimum atomic E-state index is -0.525. The number of hydrogen-bond donors (Lipinski definition) is 1. The quantitative estimate of drug-likeness (QED) is 0.621. The van der Waals surface area contributed by atoms with Gasteiger partial charge in [0.05, 0.1) is 22.0 Å². The van der Waals surface area contributed by atoms with Gasteiger partial charge in [0, 0.05) is 32.3 Å². The zero-order valence-electron chi connectivity index (χ0n) is 15.3. The molecule has 0 radical (unpaired) electrons. The number of nitriles is 1. The minimum Gasteiger partial charge on any atom is -0.354 e. The molecule has 0 aliphatic carbocycles. The molecule has 1 aliphatic heterocycles. The number of rotatable bonds is 7. The second-order valence-corrected chi connectivity index (χ2v) is 7.71. The van der Waals surface area contributed by atoms with Gasteiger partial charge in [0.2, 0.25) is 11.9 Å². The van der Waals surface area contributed by atoms with Crippen molar-refractivity contribution in [3.05, 3.63) is 47.2 Å². The maximum absolute atomic E-state index is 11.6. The summed E-state index contributed by atoms with van der Waals surface area (Å²) in [6, 6.07) is 11.9. The highest BCUT2D eigenvalue weighted by atomic mass is 32.1. The van der Waals surface area contributed by atoms with Gasteiger partial charge in [0.25, 0.3) is 0 Å². The van der Waals surface area contributed by atoms with Crippen LogP contribution < -0.4 is 5.32 Å². The molecule has 4 rings (SSSR count). The van der Waals surface area contributed by atoms with Gasteiger partial charge in [-0.05, 0) is 31.0 Å². The van der Waals surface area contributed by atoms with E-state index < -0.39 is 5.92 Å². The highest BCUT2D eigenvalue weighted by molar-refractivity contribution is 7.18. The second-order valence-electron chi connectivity index (χ2n) is 6.65. The van der Waals surface area contributed by atoms with E-state index in [4.69, 9.17) is 0 Å². The van der Waals surface area contributed by atoms with E-state index in [1.807, 2.05) is 29.2 Å². The van der Waals surface area contributed by atoms with Crippen LogP contribution >= 0.6 is 11.3 Å². The van der Waals surface area contributed by atoms with Crippen LogP contribution in [0.3, 0.4) is 0 Å². The molecule has 3 aromatic rings. The lowest BCUT2D eigenvalue weighted by atomic mass is 10.1. The molecule has 1 saturated heterocycles. The van der Waals surface area contributed by atoms with E-state index in [1.54, 1.807) is 12.3 Å². The van der Waals surface area contributed by atoms with E-state index in [9.17, 15) is 10.1 Å². The molecule has 1 amide bonds. The molecule has 3 heterocycles. The molecule has 28 heavy (non-hydrogen) atoms. The van der Waals surface area contributed by atoms with Crippen molar-refractivity contribution >= 4 is 33.4 Å². The Hall–Kier alpha value is -3.05. The first-order chi connectivity index (χ1) is 13.7. The van der Waals surface area contributed by atoms with Crippen molar-refractivity contribution < 1.29 is 4.79 Å². The standard InChI is InChI=1S/C20H20N6OS/c21-13-14(19-24-16-5-1-2-6-17(16)28-19)15-8-10-23-20(25-15)22-9-4-12-26-11-3-7-18(26)27/h1-2,5-6,8,10,14H,3-4,7,9,11-12H2,(H,22,23,25). The van der Waals surface area contributed by atoms with Crippen molar-refractivity contribution in [2.45, 2.75) is 25.2 Å². The van der Waals surface area contributed by atoms with Crippen LogP contribution in [-0.4, -0.2) is 45.4 Å². The van der Waals surface area contributed by atoms with Crippen LogP contribution in [-0.2, 0) is 4.79 Å². The fourth-order valence-corrected chi connectivity index (χ4v) is 4.32. The first-order valence-corrected chi connectivity index (χ1v) is 10.2. The van der Waals surface area contributed by atoms with Gasteiger partial charge in [0.15, 0.2) is 0 Å². The van der Waals surface area contributed by atoms with E-state index in [0.29, 0.717) is 24.6 Å². The van der Waals surface area contributed by atoms with Crippen LogP contribution in [0.2, 0.25) is 0 Å². The van der Waals surface area contributed by atoms with E-state index >= 15 is 0 Å². The fourth-order valence-electron chi connectivity index (χ4n) is 3.29. The Bertz CT molecular complexity index is 994. The highest BCUT2D eigenvalue weighted by Gasteiger charge is 2.21. The molecule has 1 fully saturated rings. The average molecular weight is 392 g/mol. The molecule has 0 bridgehead atoms. The summed E-state index contributed by atoms with van der Waals surface area (Å²) >= 11 is 1.51. The van der Waals surface area contributed by atoms with Crippen LogP contribution in [0.25, 0.3) is 10.2 Å². The maximum atomic E-state index is 11.6. The maximum Gasteiger partial charge on any atom is 0.222 e. The summed E-state index contributed by atoms with van der Waals surface area (Å²) in [6.45, 7) is 2.28. The van der Waals surface area contributed by atoms with E-state index in [2.05, 4.69) is 26.3 Å². The second kappa shape index (κ2) is 8.31. The number of carbonyl (C=O) groups is 1. The number of para-hydroxylation sites is 1. The van der Waals surface area contributed by atoms with Gasteiger partial charge < -0.3 is 10.2 Å². The monoisotopic (exact) mass is 392 g/mol. The first kappa shape index (κ1) is 18.3. The molecule has 142 valence electrons. The molecule has 0 spiro atoms. The van der Waals surface area contributed by atoms with E-state index in [1.165, 1.54) is 11.3 Å². The Kier molecular flexibility index (Phi) is 5.44. The lowest BCUT2D eigenvalue weighted by molar-refractivity contribution is -0.127. The fraction of sp³-hybridized carbons (Fsp3) is 0.350. The number of benzene rings is 1. The van der Waals surface area contributed by atoms with Crippen molar-refractivity contribution in [2.75, 3.05) is 25.0 Å². The van der Waals surface area contributed by atoms with Crippen molar-refractivity contribution in [3.8, 4) is 6.07 Å². The molecule has 7 nitrogen and oxygen atoms in total. The van der Waals surface area contributed by atoms with E-state index in [-0.39, 0.29) is 5.91 Å². The molecule has 8 heteroatoms. The highest BCUT2D eigenvalue weighted by Crippen LogP contribution is 2.30. The van der Waals surface area contributed by atoms with Gasteiger partial charge in [-0.1, -0.05) is 12.1 Å². The van der Waals surface area contributed by atoms with Crippen LogP contribution in [0.15, 0.2) is 36.5 Å². The molecule has 1 unspecified atom stereocenters. The summed E-state index contributed by atoms with van der Waals surface area (Å²) < 4.78 is 1.06. The van der Waals surface area contributed by atoms with Crippen LogP contribution in [0, 0.1) is 11.3 Å². The van der Waals surface area contributed by atoms with Gasteiger partial charge in [-0.3, -0.25) is 4.79 Å². The number of aromatic nitrogens is 3. The van der Waals surface area contributed by atoms with Crippen molar-refractivity contribution in [3.63, 3.8) is 0 Å². The van der Waals surface area contributed by atoms with Gasteiger partial charge >= 0.3 is 0 Å². The summed E-state index contributed by atoms with van der Waals surface area (Å²) in [4.78, 5) is 26.9. The summed E-state index contributed by atoms with van der Waals surface area (Å²) in [6.07, 6.45) is 4.11. The number of carbonyl (C=O) groups excluding carboxylic acids is 1. The van der Waals surface area contributed by atoms with Gasteiger partial charge in [-0.15, -0.1) is 11.3 Å². The third kappa shape index (κ3) is 3.94. The average Bonchev–Trinajstić information content (AvgIpc) is 3.32. The molecule has 1 N–H and O–H groups in total. The number of amides is 1. The number of likely N-dealkylation sites (tertiary alicyclic amines) is 1. The van der Waals surface area contributed by atoms with Crippen LogP contribution in [0.4, 0.5) is 5.95 Å². The predicted octanol–water partition coefficient (Wildman–Crippen LogP) is 3.17. The van der Waals surface area contributed by atoms with Crippen LogP contribution in [0.1, 0.15) is 35.9 Å². The topological polar surface area (TPSA) is 94.8 Å². The molecular weight excluding hydrogens is 372 g/mol. The number of thiazole rings is 1. The first-order valence-electron chi connectivity index (χ1n) is 9.34. The number of anilines is 1. The summed E-state index contributed by atoms with van der Waals surface area (Å²) in [5.74, 6) is 0.209. The molecule has 0 saturated carbocycles. The van der Waals surface area contributed by atoms with E-state index in [0.717, 1.165) is 41.2 Å². The lowest BCUT2D eigenvalue weighted by Gasteiger charge is -2.15. The van der Waals surface area contributed by atoms with Gasteiger partial charge in [0.1, 0.15) is 10.9 Å². The van der Waals surface area contributed by atoms with Crippen molar-refractivity contribution in [1.29, 1.82) is 5.26 Å². The number of hydrogen-bond acceptors (Lipinski definition) is 7. The zero-order valence-corrected chi connectivity index (χ0v) is 16.2. The van der Waals surface area contributed by atoms with Crippen molar-refractivity contribution in [2.24, 2.45) is 0 Å². The predicted molar refractivity (Wildman–Crippen MR) is 108 cm³/mol. The number of fused-ring (bicyclic) bond motifs is 1. The smallest absolute Gasteiger partial charge is 0.222 e. The number of nitrogens with one attached hydrogen (secondary N) is 1. The van der Waals surface area contributed by atoms with Crippen molar-refractivity contribution in [1.82, 2.24) is 19.9 Å². The summed E-state index contributed by atoms with van der Waals surface area (Å²) in [7, 11) is 0. The third-order valence-corrected chi connectivity index (χ3v) is 5.82. The minimum absolute atomic E-state index is 0.242. The molecular formula is C20H20N6OS. The lowest BCUT2D eigenvalue weighted by Crippen LogP contribution is -2.27. The summed E-state index contributed by atoms with van der Waals surface area (Å²) in [5.41, 5.74) is 1.53. The Morgan fingerprint density at radius 3 is 2.96 bits per heavy atom. The normalized spacial score (nSPS) is 15.0.